The number of methoxy groups -OCH3 is 1. The van der Waals surface area contributed by atoms with Gasteiger partial charge >= 0.3 is 5.97 Å². The molecule has 78 valence electrons. The van der Waals surface area contributed by atoms with Crippen LogP contribution in [0.4, 0.5) is 0 Å². The minimum atomic E-state index is -0.468. The standard InChI is InChI=1S/C10H21NO2/c1-5-7(3)8(6-2)9(11)10(12)13-4/h7-9H,5-6,11H2,1-4H3. The van der Waals surface area contributed by atoms with Crippen LogP contribution in [-0.2, 0) is 9.53 Å². The summed E-state index contributed by atoms with van der Waals surface area (Å²) in [6, 6.07) is -0.468. The molecule has 0 aromatic rings. The van der Waals surface area contributed by atoms with Crippen molar-refractivity contribution >= 4 is 5.97 Å². The molecule has 0 radical (unpaired) electrons. The molecule has 0 rings (SSSR count). The van der Waals surface area contributed by atoms with Crippen molar-refractivity contribution in [2.75, 3.05) is 7.11 Å². The fourth-order valence-electron chi connectivity index (χ4n) is 1.62. The molecule has 0 spiro atoms. The third-order valence-electron chi connectivity index (χ3n) is 2.78. The molecule has 0 saturated heterocycles. The minimum Gasteiger partial charge on any atom is -0.468 e. The average Bonchev–Trinajstić information content (AvgIpc) is 2.17. The number of hydrogen-bond donors (Lipinski definition) is 1. The van der Waals surface area contributed by atoms with Gasteiger partial charge in [-0.2, -0.15) is 0 Å². The quantitative estimate of drug-likeness (QED) is 0.664. The van der Waals surface area contributed by atoms with Gasteiger partial charge in [0.25, 0.3) is 0 Å². The Labute approximate surface area is 80.6 Å². The second-order valence-electron chi connectivity index (χ2n) is 3.51. The molecule has 0 heterocycles. The summed E-state index contributed by atoms with van der Waals surface area (Å²) in [5.41, 5.74) is 5.78. The van der Waals surface area contributed by atoms with Gasteiger partial charge in [0, 0.05) is 0 Å². The van der Waals surface area contributed by atoms with Crippen LogP contribution < -0.4 is 5.73 Å². The minimum absolute atomic E-state index is 0.234. The lowest BCUT2D eigenvalue weighted by atomic mass is 9.84. The highest BCUT2D eigenvalue weighted by molar-refractivity contribution is 5.75. The fraction of sp³-hybridized carbons (Fsp3) is 0.900. The zero-order valence-electron chi connectivity index (χ0n) is 9.04. The molecule has 3 nitrogen and oxygen atoms in total. The highest BCUT2D eigenvalue weighted by atomic mass is 16.5. The molecule has 13 heavy (non-hydrogen) atoms. The molecule has 0 saturated carbocycles. The summed E-state index contributed by atoms with van der Waals surface area (Å²) in [6.07, 6.45) is 1.97. The van der Waals surface area contributed by atoms with Crippen LogP contribution in [0.5, 0.6) is 0 Å². The third-order valence-corrected chi connectivity index (χ3v) is 2.78. The molecule has 3 heteroatoms. The first-order valence-electron chi connectivity index (χ1n) is 4.91. The molecule has 0 aromatic carbocycles. The first kappa shape index (κ1) is 12.4. The van der Waals surface area contributed by atoms with E-state index in [0.717, 1.165) is 12.8 Å². The Bertz CT molecular complexity index is 159. The van der Waals surface area contributed by atoms with E-state index >= 15 is 0 Å². The summed E-state index contributed by atoms with van der Waals surface area (Å²) in [7, 11) is 1.38. The summed E-state index contributed by atoms with van der Waals surface area (Å²) in [5.74, 6) is 0.406. The number of esters is 1. The number of hydrogen-bond acceptors (Lipinski definition) is 3. The van der Waals surface area contributed by atoms with E-state index in [4.69, 9.17) is 5.73 Å². The Balaban J connectivity index is 4.30. The Hall–Kier alpha value is -0.570. The first-order chi connectivity index (χ1) is 6.08. The number of ether oxygens (including phenoxy) is 1. The van der Waals surface area contributed by atoms with Gasteiger partial charge < -0.3 is 10.5 Å². The molecule has 0 aliphatic heterocycles. The zero-order valence-corrected chi connectivity index (χ0v) is 9.04. The van der Waals surface area contributed by atoms with Gasteiger partial charge in [-0.25, -0.2) is 0 Å². The smallest absolute Gasteiger partial charge is 0.322 e. The Morgan fingerprint density at radius 3 is 2.23 bits per heavy atom. The van der Waals surface area contributed by atoms with Crippen molar-refractivity contribution in [1.29, 1.82) is 0 Å². The molecule has 0 aliphatic rings. The van der Waals surface area contributed by atoms with Crippen LogP contribution in [0.1, 0.15) is 33.6 Å². The van der Waals surface area contributed by atoms with Crippen LogP contribution in [-0.4, -0.2) is 19.1 Å². The largest absolute Gasteiger partial charge is 0.468 e. The van der Waals surface area contributed by atoms with Gasteiger partial charge in [0.2, 0.25) is 0 Å². The van der Waals surface area contributed by atoms with Crippen LogP contribution in [0.25, 0.3) is 0 Å². The van der Waals surface area contributed by atoms with Gasteiger partial charge in [0.1, 0.15) is 6.04 Å². The number of carbonyl (C=O) groups is 1. The molecule has 2 N–H and O–H groups in total. The van der Waals surface area contributed by atoms with Crippen LogP contribution >= 0.6 is 0 Å². The zero-order chi connectivity index (χ0) is 10.4. The average molecular weight is 187 g/mol. The number of carbonyl (C=O) groups excluding carboxylic acids is 1. The number of nitrogens with two attached hydrogens (primary N) is 1. The predicted molar refractivity (Wildman–Crippen MR) is 53.2 cm³/mol. The van der Waals surface area contributed by atoms with Gasteiger partial charge in [0.15, 0.2) is 0 Å². The summed E-state index contributed by atoms with van der Waals surface area (Å²) in [6.45, 7) is 6.29. The Morgan fingerprint density at radius 2 is 1.92 bits per heavy atom. The van der Waals surface area contributed by atoms with Crippen molar-refractivity contribution in [2.45, 2.75) is 39.7 Å². The molecule has 0 fully saturated rings. The third kappa shape index (κ3) is 3.35. The van der Waals surface area contributed by atoms with Crippen molar-refractivity contribution in [3.8, 4) is 0 Å². The molecule has 0 amide bonds. The summed E-state index contributed by atoms with van der Waals surface area (Å²) in [5, 5.41) is 0. The van der Waals surface area contributed by atoms with E-state index in [0.29, 0.717) is 5.92 Å². The van der Waals surface area contributed by atoms with Crippen molar-refractivity contribution in [3.05, 3.63) is 0 Å². The second-order valence-corrected chi connectivity index (χ2v) is 3.51. The maximum atomic E-state index is 11.2. The van der Waals surface area contributed by atoms with E-state index in [2.05, 4.69) is 25.5 Å². The molecule has 3 unspecified atom stereocenters. The lowest BCUT2D eigenvalue weighted by Crippen LogP contribution is -2.41. The van der Waals surface area contributed by atoms with E-state index in [9.17, 15) is 4.79 Å². The normalized spacial score (nSPS) is 17.6. The van der Waals surface area contributed by atoms with Gasteiger partial charge in [-0.1, -0.05) is 33.6 Å². The van der Waals surface area contributed by atoms with Gasteiger partial charge in [-0.15, -0.1) is 0 Å². The Morgan fingerprint density at radius 1 is 1.38 bits per heavy atom. The molecular formula is C10H21NO2. The monoisotopic (exact) mass is 187 g/mol. The molecule has 3 atom stereocenters. The lowest BCUT2D eigenvalue weighted by Gasteiger charge is -2.25. The lowest BCUT2D eigenvalue weighted by molar-refractivity contribution is -0.144. The van der Waals surface area contributed by atoms with Crippen LogP contribution in [0, 0.1) is 11.8 Å². The van der Waals surface area contributed by atoms with Crippen molar-refractivity contribution < 1.29 is 9.53 Å². The summed E-state index contributed by atoms with van der Waals surface area (Å²) < 4.78 is 4.63. The highest BCUT2D eigenvalue weighted by Crippen LogP contribution is 2.21. The van der Waals surface area contributed by atoms with Gasteiger partial charge in [0.05, 0.1) is 7.11 Å². The van der Waals surface area contributed by atoms with Gasteiger partial charge in [-0.05, 0) is 11.8 Å². The molecule has 0 aromatic heterocycles. The van der Waals surface area contributed by atoms with Crippen LogP contribution in [0.15, 0.2) is 0 Å². The SMILES string of the molecule is CCC(C)C(CC)C(N)C(=O)OC. The van der Waals surface area contributed by atoms with E-state index in [1.54, 1.807) is 0 Å². The second kappa shape index (κ2) is 5.97. The predicted octanol–water partition coefficient (Wildman–Crippen LogP) is 1.56. The van der Waals surface area contributed by atoms with Crippen molar-refractivity contribution in [2.24, 2.45) is 17.6 Å². The Kier molecular flexibility index (Phi) is 5.71. The summed E-state index contributed by atoms with van der Waals surface area (Å²) in [4.78, 5) is 11.2. The maximum absolute atomic E-state index is 11.2. The van der Waals surface area contributed by atoms with E-state index in [1.165, 1.54) is 7.11 Å². The fourth-order valence-corrected chi connectivity index (χ4v) is 1.62. The van der Waals surface area contributed by atoms with Crippen LogP contribution in [0.2, 0.25) is 0 Å². The van der Waals surface area contributed by atoms with Crippen molar-refractivity contribution in [1.82, 2.24) is 0 Å². The molecule has 0 aliphatic carbocycles. The first-order valence-corrected chi connectivity index (χ1v) is 4.91. The van der Waals surface area contributed by atoms with E-state index < -0.39 is 6.04 Å². The molecular weight excluding hydrogens is 166 g/mol. The highest BCUT2D eigenvalue weighted by Gasteiger charge is 2.27. The maximum Gasteiger partial charge on any atom is 0.322 e. The molecule has 0 bridgehead atoms. The van der Waals surface area contributed by atoms with E-state index in [1.807, 2.05) is 0 Å². The number of rotatable bonds is 5. The van der Waals surface area contributed by atoms with E-state index in [-0.39, 0.29) is 11.9 Å². The van der Waals surface area contributed by atoms with Gasteiger partial charge in [-0.3, -0.25) is 4.79 Å². The van der Waals surface area contributed by atoms with Crippen molar-refractivity contribution in [3.63, 3.8) is 0 Å². The summed E-state index contributed by atoms with van der Waals surface area (Å²) >= 11 is 0. The van der Waals surface area contributed by atoms with Crippen LogP contribution in [0.3, 0.4) is 0 Å². The topological polar surface area (TPSA) is 52.3 Å².